The molecule has 1 aliphatic heterocycles. The third-order valence-electron chi connectivity index (χ3n) is 6.26. The number of ether oxygens (including phenoxy) is 1. The minimum Gasteiger partial charge on any atom is -0.496 e. The summed E-state index contributed by atoms with van der Waals surface area (Å²) in [4.78, 5) is 13.1. The van der Waals surface area contributed by atoms with Gasteiger partial charge in [0, 0.05) is 41.9 Å². The van der Waals surface area contributed by atoms with E-state index in [1.54, 1.807) is 13.2 Å². The lowest BCUT2D eigenvalue weighted by Crippen LogP contribution is -2.27. The van der Waals surface area contributed by atoms with Crippen LogP contribution in [0.5, 0.6) is 5.75 Å². The molecule has 34 heavy (non-hydrogen) atoms. The number of nitrogens with one attached hydrogen (secondary N) is 1. The number of carbonyl (C=O) groups is 1. The molecule has 3 heterocycles. The molecule has 0 spiro atoms. The third kappa shape index (κ3) is 4.50. The molecule has 2 aromatic heterocycles. The second kappa shape index (κ2) is 9.85. The van der Waals surface area contributed by atoms with Gasteiger partial charge in [-0.3, -0.25) is 9.48 Å². The summed E-state index contributed by atoms with van der Waals surface area (Å²) in [6.45, 7) is 1.89. The maximum Gasteiger partial charge on any atom is 0.272 e. The number of benzene rings is 2. The SMILES string of the molecule is COc1cc(Cl)ccc1Cn1nc(C(=O)NCCc2nnc3n2CCCCC3)c2ccccc21. The summed E-state index contributed by atoms with van der Waals surface area (Å²) in [6, 6.07) is 13.3. The first-order chi connectivity index (χ1) is 16.6. The van der Waals surface area contributed by atoms with Gasteiger partial charge in [0.05, 0.1) is 19.2 Å². The Hall–Kier alpha value is -3.39. The standard InChI is InChI=1S/C25H27ClN6O2/c1-34-21-15-18(26)11-10-17(21)16-32-20-8-5-4-7-19(20)24(30-32)25(33)27-13-12-23-29-28-22-9-3-2-6-14-31(22)23/h4-5,7-8,10-11,15H,2-3,6,9,12-14,16H2,1H3,(H,27,33). The highest BCUT2D eigenvalue weighted by atomic mass is 35.5. The minimum atomic E-state index is -0.200. The van der Waals surface area contributed by atoms with Crippen molar-refractivity contribution in [1.82, 2.24) is 29.9 Å². The van der Waals surface area contributed by atoms with Crippen molar-refractivity contribution in [3.05, 3.63) is 70.4 Å². The maximum absolute atomic E-state index is 13.1. The summed E-state index contributed by atoms with van der Waals surface area (Å²) in [5.41, 5.74) is 2.22. The van der Waals surface area contributed by atoms with Crippen LogP contribution in [-0.2, 0) is 25.9 Å². The zero-order valence-electron chi connectivity index (χ0n) is 19.1. The second-order valence-electron chi connectivity index (χ2n) is 8.48. The summed E-state index contributed by atoms with van der Waals surface area (Å²) in [5.74, 6) is 2.47. The molecule has 0 fully saturated rings. The minimum absolute atomic E-state index is 0.200. The Kier molecular flexibility index (Phi) is 6.49. The van der Waals surface area contributed by atoms with Gasteiger partial charge >= 0.3 is 0 Å². The van der Waals surface area contributed by atoms with Crippen LogP contribution < -0.4 is 10.1 Å². The Balaban J connectivity index is 1.33. The van der Waals surface area contributed by atoms with Crippen LogP contribution in [0.3, 0.4) is 0 Å². The molecule has 0 saturated heterocycles. The quantitative estimate of drug-likeness (QED) is 0.433. The molecule has 0 unspecified atom stereocenters. The maximum atomic E-state index is 13.1. The van der Waals surface area contributed by atoms with Gasteiger partial charge in [-0.15, -0.1) is 10.2 Å². The molecule has 9 heteroatoms. The fourth-order valence-corrected chi connectivity index (χ4v) is 4.69. The van der Waals surface area contributed by atoms with E-state index in [1.165, 1.54) is 6.42 Å². The number of rotatable bonds is 7. The Morgan fingerprint density at radius 2 is 2.03 bits per heavy atom. The average molecular weight is 479 g/mol. The van der Waals surface area contributed by atoms with E-state index in [-0.39, 0.29) is 5.91 Å². The number of aryl methyl sites for hydroxylation is 1. The van der Waals surface area contributed by atoms with Crippen molar-refractivity contribution in [3.63, 3.8) is 0 Å². The van der Waals surface area contributed by atoms with Gasteiger partial charge in [-0.2, -0.15) is 5.10 Å². The van der Waals surface area contributed by atoms with E-state index in [0.29, 0.717) is 36.0 Å². The van der Waals surface area contributed by atoms with Gasteiger partial charge < -0.3 is 14.6 Å². The molecular weight excluding hydrogens is 452 g/mol. The zero-order valence-corrected chi connectivity index (χ0v) is 19.9. The summed E-state index contributed by atoms with van der Waals surface area (Å²) in [7, 11) is 1.61. The van der Waals surface area contributed by atoms with Gasteiger partial charge in [0.25, 0.3) is 5.91 Å². The van der Waals surface area contributed by atoms with Crippen LogP contribution in [0, 0.1) is 0 Å². The van der Waals surface area contributed by atoms with Gasteiger partial charge in [-0.1, -0.05) is 42.3 Å². The first-order valence-electron chi connectivity index (χ1n) is 11.6. The predicted octanol–water partition coefficient (Wildman–Crippen LogP) is 4.04. The van der Waals surface area contributed by atoms with E-state index in [1.807, 2.05) is 41.1 Å². The first kappa shape index (κ1) is 22.4. The molecule has 2 aromatic carbocycles. The van der Waals surface area contributed by atoms with Crippen LogP contribution in [0.4, 0.5) is 0 Å². The highest BCUT2D eigenvalue weighted by molar-refractivity contribution is 6.30. The Morgan fingerprint density at radius 3 is 2.91 bits per heavy atom. The Labute approximate surface area is 202 Å². The average Bonchev–Trinajstić information content (AvgIpc) is 3.32. The smallest absolute Gasteiger partial charge is 0.272 e. The van der Waals surface area contributed by atoms with Crippen molar-refractivity contribution in [2.45, 2.75) is 45.2 Å². The number of fused-ring (bicyclic) bond motifs is 2. The molecule has 4 aromatic rings. The van der Waals surface area contributed by atoms with Crippen molar-refractivity contribution in [2.24, 2.45) is 0 Å². The second-order valence-corrected chi connectivity index (χ2v) is 8.92. The lowest BCUT2D eigenvalue weighted by Gasteiger charge is -2.10. The number of methoxy groups -OCH3 is 1. The molecular formula is C25H27ClN6O2. The van der Waals surface area contributed by atoms with Crippen LogP contribution in [0.2, 0.25) is 5.02 Å². The Morgan fingerprint density at radius 1 is 1.15 bits per heavy atom. The molecule has 1 N–H and O–H groups in total. The molecule has 0 radical (unpaired) electrons. The molecule has 0 bridgehead atoms. The number of amides is 1. The van der Waals surface area contributed by atoms with Gasteiger partial charge in [0.1, 0.15) is 17.4 Å². The monoisotopic (exact) mass is 478 g/mol. The summed E-state index contributed by atoms with van der Waals surface area (Å²) in [6.07, 6.45) is 5.14. The van der Waals surface area contributed by atoms with Gasteiger partial charge in [-0.25, -0.2) is 0 Å². The first-order valence-corrected chi connectivity index (χ1v) is 12.0. The molecule has 0 aliphatic carbocycles. The third-order valence-corrected chi connectivity index (χ3v) is 6.50. The van der Waals surface area contributed by atoms with E-state index in [2.05, 4.69) is 25.2 Å². The largest absolute Gasteiger partial charge is 0.496 e. The highest BCUT2D eigenvalue weighted by Gasteiger charge is 2.19. The summed E-state index contributed by atoms with van der Waals surface area (Å²) < 4.78 is 9.52. The summed E-state index contributed by atoms with van der Waals surface area (Å²) in [5, 5.41) is 17.8. The predicted molar refractivity (Wildman–Crippen MR) is 130 cm³/mol. The van der Waals surface area contributed by atoms with E-state index in [9.17, 15) is 4.79 Å². The van der Waals surface area contributed by atoms with Crippen LogP contribution in [-0.4, -0.2) is 44.1 Å². The zero-order chi connectivity index (χ0) is 23.5. The number of hydrogen-bond acceptors (Lipinski definition) is 5. The van der Waals surface area contributed by atoms with Crippen LogP contribution in [0.25, 0.3) is 10.9 Å². The van der Waals surface area contributed by atoms with Crippen molar-refractivity contribution in [3.8, 4) is 5.75 Å². The number of halogens is 1. The summed E-state index contributed by atoms with van der Waals surface area (Å²) >= 11 is 6.11. The lowest BCUT2D eigenvalue weighted by atomic mass is 10.2. The van der Waals surface area contributed by atoms with Gasteiger partial charge in [-0.05, 0) is 31.0 Å². The molecule has 0 atom stereocenters. The molecule has 8 nitrogen and oxygen atoms in total. The molecule has 1 aliphatic rings. The van der Waals surface area contributed by atoms with Crippen LogP contribution >= 0.6 is 11.6 Å². The molecule has 0 saturated carbocycles. The van der Waals surface area contributed by atoms with E-state index in [0.717, 1.165) is 53.9 Å². The van der Waals surface area contributed by atoms with Gasteiger partial charge in [0.15, 0.2) is 5.69 Å². The normalized spacial score (nSPS) is 13.5. The fourth-order valence-electron chi connectivity index (χ4n) is 4.53. The number of carbonyl (C=O) groups excluding carboxylic acids is 1. The van der Waals surface area contributed by atoms with Crippen molar-refractivity contribution in [2.75, 3.05) is 13.7 Å². The lowest BCUT2D eigenvalue weighted by molar-refractivity contribution is 0.0949. The van der Waals surface area contributed by atoms with Crippen molar-refractivity contribution < 1.29 is 9.53 Å². The van der Waals surface area contributed by atoms with E-state index in [4.69, 9.17) is 16.3 Å². The highest BCUT2D eigenvalue weighted by Crippen LogP contribution is 2.26. The number of hydrogen-bond donors (Lipinski definition) is 1. The van der Waals surface area contributed by atoms with Crippen molar-refractivity contribution >= 4 is 28.4 Å². The molecule has 5 rings (SSSR count). The Bertz CT molecular complexity index is 1330. The topological polar surface area (TPSA) is 86.9 Å². The molecule has 176 valence electrons. The van der Waals surface area contributed by atoms with E-state index < -0.39 is 0 Å². The van der Waals surface area contributed by atoms with Crippen LogP contribution in [0.1, 0.15) is 47.0 Å². The van der Waals surface area contributed by atoms with Crippen molar-refractivity contribution in [1.29, 1.82) is 0 Å². The van der Waals surface area contributed by atoms with Crippen LogP contribution in [0.15, 0.2) is 42.5 Å². The number of para-hydroxylation sites is 1. The van der Waals surface area contributed by atoms with E-state index >= 15 is 0 Å². The number of aromatic nitrogens is 5. The van der Waals surface area contributed by atoms with Gasteiger partial charge in [0.2, 0.25) is 0 Å². The number of nitrogens with zero attached hydrogens (tertiary/aromatic N) is 5. The molecule has 1 amide bonds. The fraction of sp³-hybridized carbons (Fsp3) is 0.360.